The average molecular weight is 281 g/mol. The first-order valence-corrected chi connectivity index (χ1v) is 5.78. The third-order valence-electron chi connectivity index (χ3n) is 1.32. The van der Waals surface area contributed by atoms with Gasteiger partial charge in [0.2, 0.25) is 0 Å². The van der Waals surface area contributed by atoms with E-state index < -0.39 is 16.8 Å². The number of hydrogen-bond donors (Lipinski definition) is 0. The molecule has 5 heteroatoms. The Morgan fingerprint density at radius 1 is 1.07 bits per heavy atom. The van der Waals surface area contributed by atoms with Crippen molar-refractivity contribution in [2.24, 2.45) is 0 Å². The maximum Gasteiger partial charge on any atom is 0.320 e. The highest BCUT2D eigenvalue weighted by Gasteiger charge is 2.22. The molecule has 0 aliphatic carbocycles. The highest BCUT2D eigenvalue weighted by atomic mass is 79.9. The van der Waals surface area contributed by atoms with Crippen LogP contribution in [-0.4, -0.2) is 29.0 Å². The van der Waals surface area contributed by atoms with Crippen LogP contribution in [0.4, 0.5) is 0 Å². The van der Waals surface area contributed by atoms with Crippen molar-refractivity contribution < 1.29 is 19.1 Å². The molecule has 0 aliphatic heterocycles. The van der Waals surface area contributed by atoms with Crippen LogP contribution in [0.3, 0.4) is 0 Å². The summed E-state index contributed by atoms with van der Waals surface area (Å²) in [7, 11) is 0. The lowest BCUT2D eigenvalue weighted by Gasteiger charge is -2.13. The van der Waals surface area contributed by atoms with Crippen molar-refractivity contribution in [1.82, 2.24) is 0 Å². The zero-order valence-electron chi connectivity index (χ0n) is 9.45. The summed E-state index contributed by atoms with van der Waals surface area (Å²) in [6, 6.07) is 0. The molecule has 15 heavy (non-hydrogen) atoms. The maximum atomic E-state index is 11.3. The van der Waals surface area contributed by atoms with Crippen molar-refractivity contribution in [3.63, 3.8) is 0 Å². The monoisotopic (exact) mass is 280 g/mol. The third-order valence-corrected chi connectivity index (χ3v) is 2.02. The number of ether oxygens (including phenoxy) is 2. The molecule has 0 saturated heterocycles. The van der Waals surface area contributed by atoms with Crippen LogP contribution in [0.15, 0.2) is 0 Å². The van der Waals surface area contributed by atoms with Gasteiger partial charge in [-0.25, -0.2) is 0 Å². The molecular weight excluding hydrogens is 264 g/mol. The first-order chi connectivity index (χ1) is 6.82. The van der Waals surface area contributed by atoms with Gasteiger partial charge in [0.15, 0.2) is 0 Å². The molecule has 0 rings (SSSR count). The molecule has 0 radical (unpaired) electrons. The zero-order valence-corrected chi connectivity index (χ0v) is 11.0. The highest BCUT2D eigenvalue weighted by Crippen LogP contribution is 2.10. The molecule has 0 aromatic carbocycles. The lowest BCUT2D eigenvalue weighted by molar-refractivity contribution is -0.153. The van der Waals surface area contributed by atoms with E-state index in [-0.39, 0.29) is 18.6 Å². The van der Waals surface area contributed by atoms with Gasteiger partial charge in [-0.15, -0.1) is 0 Å². The van der Waals surface area contributed by atoms with Crippen molar-refractivity contribution in [1.29, 1.82) is 0 Å². The summed E-state index contributed by atoms with van der Waals surface area (Å²) in [5.74, 6) is -0.849. The van der Waals surface area contributed by atoms with E-state index >= 15 is 0 Å². The van der Waals surface area contributed by atoms with Gasteiger partial charge in [0.05, 0.1) is 18.6 Å². The van der Waals surface area contributed by atoms with E-state index in [9.17, 15) is 9.59 Å². The summed E-state index contributed by atoms with van der Waals surface area (Å²) in [6.07, 6.45) is -0.360. The molecule has 0 spiro atoms. The van der Waals surface area contributed by atoms with Gasteiger partial charge in [0.25, 0.3) is 0 Å². The smallest absolute Gasteiger partial charge is 0.320 e. The second kappa shape index (κ2) is 6.82. The predicted octanol–water partition coefficient (Wildman–Crippen LogP) is 2.04. The van der Waals surface area contributed by atoms with Crippen LogP contribution in [0.1, 0.15) is 34.1 Å². The number of rotatable bonds is 5. The first kappa shape index (κ1) is 14.4. The van der Waals surface area contributed by atoms with Crippen LogP contribution in [0, 0.1) is 0 Å². The summed E-state index contributed by atoms with van der Waals surface area (Å²) < 4.78 is 9.82. The van der Waals surface area contributed by atoms with Crippen LogP contribution in [0.5, 0.6) is 0 Å². The minimum Gasteiger partial charge on any atom is -0.463 e. The lowest BCUT2D eigenvalue weighted by Crippen LogP contribution is -2.25. The largest absolute Gasteiger partial charge is 0.463 e. The number of carbonyl (C=O) groups is 2. The summed E-state index contributed by atoms with van der Waals surface area (Å²) in [6.45, 7) is 7.02. The van der Waals surface area contributed by atoms with Gasteiger partial charge in [0.1, 0.15) is 4.83 Å². The molecule has 0 fully saturated rings. The molecule has 0 aliphatic rings. The van der Waals surface area contributed by atoms with E-state index in [0.717, 1.165) is 0 Å². The number of alkyl halides is 1. The second-order valence-electron chi connectivity index (χ2n) is 3.70. The van der Waals surface area contributed by atoms with Gasteiger partial charge in [-0.1, -0.05) is 15.9 Å². The standard InChI is InChI=1S/C10H17BrO4/c1-6(2)14-9(12)5-8(11)10(13)15-7(3)4/h6-8H,5H2,1-4H3/t8-/m1/s1. The number of hydrogen-bond acceptors (Lipinski definition) is 4. The highest BCUT2D eigenvalue weighted by molar-refractivity contribution is 9.10. The Morgan fingerprint density at radius 2 is 1.53 bits per heavy atom. The van der Waals surface area contributed by atoms with Gasteiger partial charge >= 0.3 is 11.9 Å². The minimum atomic E-state index is -0.633. The Morgan fingerprint density at radius 3 is 1.93 bits per heavy atom. The Labute approximate surface area is 98.4 Å². The zero-order chi connectivity index (χ0) is 12.0. The van der Waals surface area contributed by atoms with Gasteiger partial charge in [0, 0.05) is 0 Å². The van der Waals surface area contributed by atoms with Crippen LogP contribution < -0.4 is 0 Å². The Bertz CT molecular complexity index is 225. The SMILES string of the molecule is CC(C)OC(=O)C[C@@H](Br)C(=O)OC(C)C. The first-order valence-electron chi connectivity index (χ1n) is 4.87. The number of esters is 2. The molecule has 0 heterocycles. The van der Waals surface area contributed by atoms with Gasteiger partial charge < -0.3 is 9.47 Å². The topological polar surface area (TPSA) is 52.6 Å². The molecule has 0 aromatic rings. The fourth-order valence-corrected chi connectivity index (χ4v) is 1.22. The fraction of sp³-hybridized carbons (Fsp3) is 0.800. The van der Waals surface area contributed by atoms with E-state index in [1.165, 1.54) is 0 Å². The van der Waals surface area contributed by atoms with Gasteiger partial charge in [-0.05, 0) is 27.7 Å². The van der Waals surface area contributed by atoms with Crippen LogP contribution in [0.25, 0.3) is 0 Å². The molecule has 88 valence electrons. The summed E-state index contributed by atoms with van der Waals surface area (Å²) in [4.78, 5) is 21.9. The van der Waals surface area contributed by atoms with Gasteiger partial charge in [-0.2, -0.15) is 0 Å². The molecular formula is C10H17BrO4. The predicted molar refractivity (Wildman–Crippen MR) is 59.8 cm³/mol. The van der Waals surface area contributed by atoms with Crippen molar-refractivity contribution in [3.8, 4) is 0 Å². The minimum absolute atomic E-state index is 0.0102. The van der Waals surface area contributed by atoms with Crippen molar-refractivity contribution >= 4 is 27.9 Å². The molecule has 1 atom stereocenters. The maximum absolute atomic E-state index is 11.3. The van der Waals surface area contributed by atoms with E-state index in [2.05, 4.69) is 15.9 Å². The summed E-state index contributed by atoms with van der Waals surface area (Å²) >= 11 is 3.09. The third kappa shape index (κ3) is 7.36. The Kier molecular flexibility index (Phi) is 6.56. The van der Waals surface area contributed by atoms with Crippen LogP contribution >= 0.6 is 15.9 Å². The molecule has 0 bridgehead atoms. The van der Waals surface area contributed by atoms with E-state index in [1.54, 1.807) is 27.7 Å². The van der Waals surface area contributed by atoms with Crippen LogP contribution in [-0.2, 0) is 19.1 Å². The summed E-state index contributed by atoms with van der Waals surface area (Å²) in [5, 5.41) is 0. The summed E-state index contributed by atoms with van der Waals surface area (Å²) in [5.41, 5.74) is 0. The van der Waals surface area contributed by atoms with Crippen molar-refractivity contribution in [3.05, 3.63) is 0 Å². The number of halogens is 1. The quantitative estimate of drug-likeness (QED) is 0.571. The van der Waals surface area contributed by atoms with E-state index in [1.807, 2.05) is 0 Å². The molecule has 0 N–H and O–H groups in total. The van der Waals surface area contributed by atoms with E-state index in [0.29, 0.717) is 0 Å². The van der Waals surface area contributed by atoms with Crippen LogP contribution in [0.2, 0.25) is 0 Å². The molecule has 4 nitrogen and oxygen atoms in total. The number of carbonyl (C=O) groups excluding carboxylic acids is 2. The van der Waals surface area contributed by atoms with Gasteiger partial charge in [-0.3, -0.25) is 9.59 Å². The van der Waals surface area contributed by atoms with E-state index in [4.69, 9.17) is 9.47 Å². The Balaban J connectivity index is 3.96. The van der Waals surface area contributed by atoms with Crippen molar-refractivity contribution in [2.75, 3.05) is 0 Å². The lowest BCUT2D eigenvalue weighted by atomic mass is 10.3. The van der Waals surface area contributed by atoms with Crippen molar-refractivity contribution in [2.45, 2.75) is 51.2 Å². The normalized spacial score (nSPS) is 12.7. The Hall–Kier alpha value is -0.580. The molecule has 0 saturated carbocycles. The fourth-order valence-electron chi connectivity index (χ4n) is 0.847. The average Bonchev–Trinajstić information content (AvgIpc) is 2.00. The molecule has 0 aromatic heterocycles. The molecule has 0 unspecified atom stereocenters. The molecule has 0 amide bonds. The second-order valence-corrected chi connectivity index (χ2v) is 4.80.